The minimum Gasteiger partial charge on any atom is -0.288 e. The van der Waals surface area contributed by atoms with Crippen LogP contribution in [0.15, 0.2) is 35.7 Å². The highest BCUT2D eigenvalue weighted by atomic mass is 35.5. The minimum atomic E-state index is 0.00750. The van der Waals surface area contributed by atoms with Crippen LogP contribution in [0.4, 0.5) is 0 Å². The first-order valence-electron chi connectivity index (χ1n) is 4.53. The van der Waals surface area contributed by atoms with E-state index in [0.717, 1.165) is 10.4 Å². The Labute approximate surface area is 97.3 Å². The normalized spacial score (nSPS) is 10.3. The molecule has 0 amide bonds. The van der Waals surface area contributed by atoms with Crippen molar-refractivity contribution in [2.75, 3.05) is 0 Å². The van der Waals surface area contributed by atoms with Gasteiger partial charge in [-0.1, -0.05) is 23.7 Å². The second-order valence-corrected chi connectivity index (χ2v) is 4.57. The number of aryl methyl sites for hydroxylation is 1. The summed E-state index contributed by atoms with van der Waals surface area (Å²) in [5, 5.41) is 2.43. The van der Waals surface area contributed by atoms with E-state index in [1.54, 1.807) is 12.1 Å². The molecule has 76 valence electrons. The molecule has 0 bridgehead atoms. The highest BCUT2D eigenvalue weighted by Crippen LogP contribution is 2.24. The first kappa shape index (κ1) is 10.4. The number of thiophene rings is 1. The van der Waals surface area contributed by atoms with Crippen molar-refractivity contribution < 1.29 is 4.79 Å². The zero-order valence-electron chi connectivity index (χ0n) is 8.16. The topological polar surface area (TPSA) is 17.1 Å². The molecule has 0 unspecified atom stereocenters. The number of hydrogen-bond donors (Lipinski definition) is 0. The van der Waals surface area contributed by atoms with Crippen molar-refractivity contribution in [1.29, 1.82) is 0 Å². The van der Waals surface area contributed by atoms with E-state index in [4.69, 9.17) is 11.6 Å². The number of carbonyl (C=O) groups excluding carboxylic acids is 1. The summed E-state index contributed by atoms with van der Waals surface area (Å²) in [5.41, 5.74) is 1.58. The van der Waals surface area contributed by atoms with Gasteiger partial charge in [-0.05, 0) is 36.1 Å². The lowest BCUT2D eigenvalue weighted by atomic mass is 10.1. The summed E-state index contributed by atoms with van der Waals surface area (Å²) in [4.78, 5) is 12.8. The highest BCUT2D eigenvalue weighted by molar-refractivity contribution is 7.12. The first-order valence-corrected chi connectivity index (χ1v) is 5.79. The highest BCUT2D eigenvalue weighted by Gasteiger charge is 2.15. The third-order valence-corrected chi connectivity index (χ3v) is 3.53. The van der Waals surface area contributed by atoms with Crippen LogP contribution in [0.2, 0.25) is 5.02 Å². The smallest absolute Gasteiger partial charge is 0.204 e. The van der Waals surface area contributed by atoms with Gasteiger partial charge in [0.05, 0.1) is 9.90 Å². The van der Waals surface area contributed by atoms with Crippen LogP contribution in [0.3, 0.4) is 0 Å². The van der Waals surface area contributed by atoms with Gasteiger partial charge in [0.1, 0.15) is 0 Å². The molecule has 0 radical (unpaired) electrons. The molecule has 0 saturated heterocycles. The molecular formula is C12H9ClOS. The lowest BCUT2D eigenvalue weighted by Crippen LogP contribution is -2.00. The average Bonchev–Trinajstić information content (AvgIpc) is 2.64. The molecule has 0 aliphatic rings. The molecule has 0 aliphatic heterocycles. The van der Waals surface area contributed by atoms with Crippen LogP contribution in [0.25, 0.3) is 0 Å². The van der Waals surface area contributed by atoms with Crippen molar-refractivity contribution in [3.05, 3.63) is 56.7 Å². The maximum Gasteiger partial charge on any atom is 0.204 e. The Hall–Kier alpha value is -1.12. The van der Waals surface area contributed by atoms with Crippen molar-refractivity contribution in [3.63, 3.8) is 0 Å². The summed E-state index contributed by atoms with van der Waals surface area (Å²) in [7, 11) is 0. The van der Waals surface area contributed by atoms with Crippen LogP contribution in [-0.4, -0.2) is 5.78 Å². The lowest BCUT2D eigenvalue weighted by molar-refractivity contribution is 0.104. The van der Waals surface area contributed by atoms with Crippen molar-refractivity contribution in [1.82, 2.24) is 0 Å². The van der Waals surface area contributed by atoms with Crippen molar-refractivity contribution in [2.24, 2.45) is 0 Å². The third-order valence-electron chi connectivity index (χ3n) is 2.19. The summed E-state index contributed by atoms with van der Waals surface area (Å²) >= 11 is 7.43. The fourth-order valence-corrected chi connectivity index (χ4v) is 2.47. The molecule has 2 rings (SSSR count). The van der Waals surface area contributed by atoms with E-state index >= 15 is 0 Å². The predicted octanol–water partition coefficient (Wildman–Crippen LogP) is 3.94. The zero-order valence-corrected chi connectivity index (χ0v) is 9.73. The Bertz CT molecular complexity index is 502. The molecule has 0 atom stereocenters. The number of benzene rings is 1. The van der Waals surface area contributed by atoms with E-state index in [0.29, 0.717) is 10.6 Å². The maximum absolute atomic E-state index is 12.1. The second kappa shape index (κ2) is 4.17. The Morgan fingerprint density at radius 1 is 1.27 bits per heavy atom. The number of ketones is 1. The van der Waals surface area contributed by atoms with E-state index in [1.165, 1.54) is 11.3 Å². The molecule has 1 nitrogen and oxygen atoms in total. The molecule has 1 heterocycles. The zero-order chi connectivity index (χ0) is 10.8. The summed E-state index contributed by atoms with van der Waals surface area (Å²) < 4.78 is 0. The molecule has 1 aromatic carbocycles. The monoisotopic (exact) mass is 236 g/mol. The van der Waals surface area contributed by atoms with Gasteiger partial charge in [-0.25, -0.2) is 0 Å². The molecule has 0 N–H and O–H groups in total. The predicted molar refractivity (Wildman–Crippen MR) is 63.9 cm³/mol. The van der Waals surface area contributed by atoms with E-state index in [1.807, 2.05) is 30.5 Å². The number of carbonyl (C=O) groups is 1. The van der Waals surface area contributed by atoms with Gasteiger partial charge in [-0.3, -0.25) is 4.79 Å². The fraction of sp³-hybridized carbons (Fsp3) is 0.0833. The van der Waals surface area contributed by atoms with Gasteiger partial charge < -0.3 is 0 Å². The second-order valence-electron chi connectivity index (χ2n) is 3.24. The van der Waals surface area contributed by atoms with E-state index in [2.05, 4.69) is 0 Å². The van der Waals surface area contributed by atoms with Gasteiger partial charge in [-0.15, -0.1) is 11.3 Å². The Morgan fingerprint density at radius 2 is 2.00 bits per heavy atom. The fourth-order valence-electron chi connectivity index (χ4n) is 1.37. The van der Waals surface area contributed by atoms with Crippen molar-refractivity contribution >= 4 is 28.7 Å². The van der Waals surface area contributed by atoms with Crippen molar-refractivity contribution in [3.8, 4) is 0 Å². The first-order chi connectivity index (χ1) is 7.20. The quantitative estimate of drug-likeness (QED) is 0.722. The van der Waals surface area contributed by atoms with Gasteiger partial charge in [0.25, 0.3) is 0 Å². The Balaban J connectivity index is 2.46. The molecule has 0 aliphatic carbocycles. The van der Waals surface area contributed by atoms with Gasteiger partial charge in [0.15, 0.2) is 0 Å². The largest absolute Gasteiger partial charge is 0.288 e. The number of halogens is 1. The molecule has 3 heteroatoms. The molecular weight excluding hydrogens is 228 g/mol. The third kappa shape index (κ3) is 1.96. The number of hydrogen-bond acceptors (Lipinski definition) is 2. The van der Waals surface area contributed by atoms with Gasteiger partial charge >= 0.3 is 0 Å². The van der Waals surface area contributed by atoms with Crippen LogP contribution in [0.5, 0.6) is 0 Å². The SMILES string of the molecule is Cc1ccsc1C(=O)c1ccccc1Cl. The van der Waals surface area contributed by atoms with Crippen LogP contribution in [0.1, 0.15) is 20.8 Å². The van der Waals surface area contributed by atoms with Crippen LogP contribution in [0, 0.1) is 6.92 Å². The molecule has 0 spiro atoms. The molecule has 0 saturated carbocycles. The summed E-state index contributed by atoms with van der Waals surface area (Å²) in [6.45, 7) is 1.93. The maximum atomic E-state index is 12.1. The standard InChI is InChI=1S/C12H9ClOS/c1-8-6-7-15-12(8)11(14)9-4-2-3-5-10(9)13/h2-7H,1H3. The Kier molecular flexibility index (Phi) is 2.89. The Morgan fingerprint density at radius 3 is 2.60 bits per heavy atom. The number of rotatable bonds is 2. The van der Waals surface area contributed by atoms with E-state index < -0.39 is 0 Å². The average molecular weight is 237 g/mol. The van der Waals surface area contributed by atoms with Gasteiger partial charge in [-0.2, -0.15) is 0 Å². The summed E-state index contributed by atoms with van der Waals surface area (Å²) in [5.74, 6) is 0.00750. The van der Waals surface area contributed by atoms with Crippen molar-refractivity contribution in [2.45, 2.75) is 6.92 Å². The minimum absolute atomic E-state index is 0.00750. The molecule has 1 aromatic heterocycles. The van der Waals surface area contributed by atoms with Crippen LogP contribution in [-0.2, 0) is 0 Å². The van der Waals surface area contributed by atoms with E-state index in [9.17, 15) is 4.79 Å². The van der Waals surface area contributed by atoms with Crippen LogP contribution >= 0.6 is 22.9 Å². The van der Waals surface area contributed by atoms with Gasteiger partial charge in [0, 0.05) is 5.56 Å². The molecule has 0 fully saturated rings. The molecule has 15 heavy (non-hydrogen) atoms. The summed E-state index contributed by atoms with van der Waals surface area (Å²) in [6.07, 6.45) is 0. The van der Waals surface area contributed by atoms with Crippen LogP contribution < -0.4 is 0 Å². The van der Waals surface area contributed by atoms with Gasteiger partial charge in [0.2, 0.25) is 5.78 Å². The molecule has 2 aromatic rings. The summed E-state index contributed by atoms with van der Waals surface area (Å²) in [6, 6.07) is 9.07. The van der Waals surface area contributed by atoms with E-state index in [-0.39, 0.29) is 5.78 Å². The lowest BCUT2D eigenvalue weighted by Gasteiger charge is -2.01.